The van der Waals surface area contributed by atoms with E-state index >= 15 is 0 Å². The van der Waals surface area contributed by atoms with Gasteiger partial charge in [-0.15, -0.1) is 0 Å². The first-order chi connectivity index (χ1) is 9.16. The van der Waals surface area contributed by atoms with Crippen LogP contribution in [0.2, 0.25) is 0 Å². The quantitative estimate of drug-likeness (QED) is 0.881. The van der Waals surface area contributed by atoms with E-state index in [0.29, 0.717) is 6.54 Å². The minimum atomic E-state index is 0.102. The van der Waals surface area contributed by atoms with Gasteiger partial charge < -0.3 is 10.2 Å². The molecule has 19 heavy (non-hydrogen) atoms. The number of carbonyl (C=O) groups is 1. The molecule has 1 fully saturated rings. The number of nitrogens with zero attached hydrogens (tertiary/aromatic N) is 1. The zero-order valence-electron chi connectivity index (χ0n) is 12.0. The molecule has 1 aromatic carbocycles. The maximum Gasteiger partial charge on any atom is 0.219 e. The highest BCUT2D eigenvalue weighted by Crippen LogP contribution is 2.26. The van der Waals surface area contributed by atoms with Gasteiger partial charge in [-0.2, -0.15) is 0 Å². The first-order valence-corrected chi connectivity index (χ1v) is 7.20. The van der Waals surface area contributed by atoms with Gasteiger partial charge in [0, 0.05) is 32.7 Å². The molecule has 0 bridgehead atoms. The van der Waals surface area contributed by atoms with Crippen molar-refractivity contribution in [3.05, 3.63) is 29.8 Å². The molecule has 1 saturated carbocycles. The first kappa shape index (κ1) is 13.9. The predicted molar refractivity (Wildman–Crippen MR) is 79.0 cm³/mol. The first-order valence-electron chi connectivity index (χ1n) is 7.20. The van der Waals surface area contributed by atoms with Gasteiger partial charge in [-0.1, -0.05) is 31.0 Å². The van der Waals surface area contributed by atoms with Crippen molar-refractivity contribution in [2.45, 2.75) is 39.2 Å². The Morgan fingerprint density at radius 1 is 1.32 bits per heavy atom. The monoisotopic (exact) mass is 260 g/mol. The third kappa shape index (κ3) is 3.98. The lowest BCUT2D eigenvalue weighted by Gasteiger charge is -2.19. The standard InChI is InChI=1S/C16H24N2O/c1-13(19)18(2)12-15-9-5-6-10-16(15)17-11-14-7-3-4-8-14/h5-6,9-10,14,17H,3-4,7-8,11-12H2,1-2H3. The van der Waals surface area contributed by atoms with Crippen molar-refractivity contribution in [3.8, 4) is 0 Å². The van der Waals surface area contributed by atoms with Gasteiger partial charge in [0.1, 0.15) is 0 Å². The number of hydrogen-bond acceptors (Lipinski definition) is 2. The summed E-state index contributed by atoms with van der Waals surface area (Å²) in [6.45, 7) is 3.33. The number of rotatable bonds is 5. The number of hydrogen-bond donors (Lipinski definition) is 1. The highest BCUT2D eigenvalue weighted by atomic mass is 16.2. The number of amides is 1. The maximum atomic E-state index is 11.3. The fourth-order valence-electron chi connectivity index (χ4n) is 2.67. The van der Waals surface area contributed by atoms with Crippen molar-refractivity contribution in [1.82, 2.24) is 4.90 Å². The van der Waals surface area contributed by atoms with Crippen LogP contribution in [-0.4, -0.2) is 24.4 Å². The van der Waals surface area contributed by atoms with Crippen LogP contribution in [0.25, 0.3) is 0 Å². The second kappa shape index (κ2) is 6.60. The minimum Gasteiger partial charge on any atom is -0.384 e. The van der Waals surface area contributed by atoms with Crippen LogP contribution >= 0.6 is 0 Å². The Bertz CT molecular complexity index is 425. The number of benzene rings is 1. The van der Waals surface area contributed by atoms with Crippen molar-refractivity contribution in [1.29, 1.82) is 0 Å². The van der Waals surface area contributed by atoms with Gasteiger partial charge in [0.2, 0.25) is 5.91 Å². The fraction of sp³-hybridized carbons (Fsp3) is 0.562. The van der Waals surface area contributed by atoms with E-state index in [4.69, 9.17) is 0 Å². The summed E-state index contributed by atoms with van der Waals surface area (Å²) in [4.78, 5) is 13.1. The molecule has 1 aromatic rings. The zero-order valence-corrected chi connectivity index (χ0v) is 12.0. The average molecular weight is 260 g/mol. The van der Waals surface area contributed by atoms with Crippen molar-refractivity contribution in [2.75, 3.05) is 18.9 Å². The largest absolute Gasteiger partial charge is 0.384 e. The lowest BCUT2D eigenvalue weighted by molar-refractivity contribution is -0.128. The second-order valence-corrected chi connectivity index (χ2v) is 5.56. The number of carbonyl (C=O) groups excluding carboxylic acids is 1. The maximum absolute atomic E-state index is 11.3. The molecule has 104 valence electrons. The SMILES string of the molecule is CC(=O)N(C)Cc1ccccc1NCC1CCCC1. The fourth-order valence-corrected chi connectivity index (χ4v) is 2.67. The van der Waals surface area contributed by atoms with Gasteiger partial charge in [-0.05, 0) is 30.4 Å². The highest BCUT2D eigenvalue weighted by molar-refractivity contribution is 5.73. The molecule has 1 aliphatic carbocycles. The van der Waals surface area contributed by atoms with Crippen molar-refractivity contribution >= 4 is 11.6 Å². The van der Waals surface area contributed by atoms with E-state index in [9.17, 15) is 4.79 Å². The molecule has 0 aliphatic heterocycles. The lowest BCUT2D eigenvalue weighted by atomic mass is 10.1. The molecule has 0 heterocycles. The summed E-state index contributed by atoms with van der Waals surface area (Å²) in [6, 6.07) is 8.28. The van der Waals surface area contributed by atoms with Gasteiger partial charge in [-0.25, -0.2) is 0 Å². The van der Waals surface area contributed by atoms with E-state index in [1.807, 2.05) is 19.2 Å². The molecule has 0 aromatic heterocycles. The molecule has 0 unspecified atom stereocenters. The molecule has 3 heteroatoms. The Labute approximate surface area is 116 Å². The van der Waals surface area contributed by atoms with Crippen molar-refractivity contribution in [3.63, 3.8) is 0 Å². The van der Waals surface area contributed by atoms with E-state index < -0.39 is 0 Å². The molecule has 0 radical (unpaired) electrons. The van der Waals surface area contributed by atoms with Crippen LogP contribution in [0, 0.1) is 5.92 Å². The summed E-state index contributed by atoms with van der Waals surface area (Å²) in [5, 5.41) is 3.56. The number of nitrogens with one attached hydrogen (secondary N) is 1. The third-order valence-corrected chi connectivity index (χ3v) is 4.02. The molecular formula is C16H24N2O. The van der Waals surface area contributed by atoms with Crippen LogP contribution < -0.4 is 5.32 Å². The predicted octanol–water partition coefficient (Wildman–Crippen LogP) is 3.27. The molecule has 2 rings (SSSR count). The molecule has 1 aliphatic rings. The lowest BCUT2D eigenvalue weighted by Crippen LogP contribution is -2.24. The minimum absolute atomic E-state index is 0.102. The average Bonchev–Trinajstić information content (AvgIpc) is 2.90. The highest BCUT2D eigenvalue weighted by Gasteiger charge is 2.15. The third-order valence-electron chi connectivity index (χ3n) is 4.02. The van der Waals surface area contributed by atoms with Crippen LogP contribution in [0.3, 0.4) is 0 Å². The van der Waals surface area contributed by atoms with Gasteiger partial charge in [0.05, 0.1) is 0 Å². The summed E-state index contributed by atoms with van der Waals surface area (Å²) >= 11 is 0. The normalized spacial score (nSPS) is 15.5. The smallest absolute Gasteiger partial charge is 0.219 e. The number of anilines is 1. The van der Waals surface area contributed by atoms with Crippen molar-refractivity contribution in [2.24, 2.45) is 5.92 Å². The van der Waals surface area contributed by atoms with Gasteiger partial charge >= 0.3 is 0 Å². The molecule has 3 nitrogen and oxygen atoms in total. The van der Waals surface area contributed by atoms with Crippen LogP contribution in [0.15, 0.2) is 24.3 Å². The molecule has 1 N–H and O–H groups in total. The second-order valence-electron chi connectivity index (χ2n) is 5.56. The van der Waals surface area contributed by atoms with Crippen LogP contribution in [0.1, 0.15) is 38.2 Å². The Hall–Kier alpha value is -1.51. The summed E-state index contributed by atoms with van der Waals surface area (Å²) in [6.07, 6.45) is 5.45. The number of para-hydroxylation sites is 1. The molecule has 0 atom stereocenters. The van der Waals surface area contributed by atoms with Gasteiger partial charge in [-0.3, -0.25) is 4.79 Å². The van der Waals surface area contributed by atoms with Gasteiger partial charge in [0.15, 0.2) is 0 Å². The molecule has 0 saturated heterocycles. The summed E-state index contributed by atoms with van der Waals surface area (Å²) in [7, 11) is 1.84. The molecule has 1 amide bonds. The molecular weight excluding hydrogens is 236 g/mol. The van der Waals surface area contributed by atoms with Gasteiger partial charge in [0.25, 0.3) is 0 Å². The Morgan fingerprint density at radius 3 is 2.68 bits per heavy atom. The zero-order chi connectivity index (χ0) is 13.7. The van der Waals surface area contributed by atoms with E-state index in [0.717, 1.165) is 12.5 Å². The van der Waals surface area contributed by atoms with E-state index in [1.54, 1.807) is 11.8 Å². The summed E-state index contributed by atoms with van der Waals surface area (Å²) in [5.74, 6) is 0.921. The summed E-state index contributed by atoms with van der Waals surface area (Å²) in [5.41, 5.74) is 2.36. The summed E-state index contributed by atoms with van der Waals surface area (Å²) < 4.78 is 0. The Morgan fingerprint density at radius 2 is 2.00 bits per heavy atom. The van der Waals surface area contributed by atoms with E-state index in [2.05, 4.69) is 17.4 Å². The van der Waals surface area contributed by atoms with Crippen LogP contribution in [0.5, 0.6) is 0 Å². The topological polar surface area (TPSA) is 32.3 Å². The van der Waals surface area contributed by atoms with E-state index in [1.165, 1.54) is 36.9 Å². The Kier molecular flexibility index (Phi) is 4.83. The van der Waals surface area contributed by atoms with E-state index in [-0.39, 0.29) is 5.91 Å². The van der Waals surface area contributed by atoms with Crippen LogP contribution in [-0.2, 0) is 11.3 Å². The Balaban J connectivity index is 1.96. The molecule has 0 spiro atoms. The van der Waals surface area contributed by atoms with Crippen LogP contribution in [0.4, 0.5) is 5.69 Å². The van der Waals surface area contributed by atoms with Crippen molar-refractivity contribution < 1.29 is 4.79 Å².